The maximum Gasteiger partial charge on any atom is 0.233 e. The van der Waals surface area contributed by atoms with Gasteiger partial charge in [-0.2, -0.15) is 0 Å². The second-order valence-electron chi connectivity index (χ2n) is 6.74. The van der Waals surface area contributed by atoms with Crippen molar-refractivity contribution in [2.45, 2.75) is 71.3 Å². The molecule has 18 heavy (non-hydrogen) atoms. The molecule has 0 N–H and O–H groups in total. The Bertz CT molecular complexity index is 317. The minimum Gasteiger partial charge on any atom is -0.277 e. The minimum absolute atomic E-state index is 0.0326. The van der Waals surface area contributed by atoms with E-state index in [2.05, 4.69) is 0 Å². The van der Waals surface area contributed by atoms with Crippen LogP contribution in [0.5, 0.6) is 0 Å². The summed E-state index contributed by atoms with van der Waals surface area (Å²) in [5.74, 6) is 0.100. The van der Waals surface area contributed by atoms with Crippen LogP contribution in [-0.4, -0.2) is 22.3 Å². The molecule has 0 radical (unpaired) electrons. The summed E-state index contributed by atoms with van der Waals surface area (Å²) in [5, 5.41) is 0. The monoisotopic (exact) mass is 251 g/mol. The maximum absolute atomic E-state index is 12.5. The van der Waals surface area contributed by atoms with Crippen molar-refractivity contribution < 1.29 is 9.59 Å². The SMILES string of the molecule is CC(C)(C)N1C(=O)C2CCCCCCCC2C1=O. The first kappa shape index (κ1) is 13.6. The molecule has 0 aromatic rings. The summed E-state index contributed by atoms with van der Waals surface area (Å²) < 4.78 is 0. The van der Waals surface area contributed by atoms with Crippen LogP contribution in [-0.2, 0) is 9.59 Å². The Morgan fingerprint density at radius 2 is 1.22 bits per heavy atom. The van der Waals surface area contributed by atoms with Crippen LogP contribution in [0.2, 0.25) is 0 Å². The van der Waals surface area contributed by atoms with E-state index in [9.17, 15) is 9.59 Å². The van der Waals surface area contributed by atoms with Gasteiger partial charge in [0, 0.05) is 5.54 Å². The van der Waals surface area contributed by atoms with Crippen molar-refractivity contribution in [3.63, 3.8) is 0 Å². The molecular formula is C15H25NO2. The second kappa shape index (κ2) is 5.02. The fourth-order valence-electron chi connectivity index (χ4n) is 3.35. The van der Waals surface area contributed by atoms with E-state index in [0.717, 1.165) is 25.7 Å². The molecule has 0 spiro atoms. The summed E-state index contributed by atoms with van der Waals surface area (Å²) in [6.45, 7) is 5.86. The first-order valence-electron chi connectivity index (χ1n) is 7.31. The zero-order valence-corrected chi connectivity index (χ0v) is 11.9. The third kappa shape index (κ3) is 2.45. The van der Waals surface area contributed by atoms with E-state index in [0.29, 0.717) is 0 Å². The van der Waals surface area contributed by atoms with Gasteiger partial charge in [-0.15, -0.1) is 0 Å². The summed E-state index contributed by atoms with van der Waals surface area (Å²) in [4.78, 5) is 26.5. The molecule has 1 saturated heterocycles. The Balaban J connectivity index is 2.22. The number of nitrogens with zero attached hydrogens (tertiary/aromatic N) is 1. The number of rotatable bonds is 0. The number of amides is 2. The molecule has 2 unspecified atom stereocenters. The van der Waals surface area contributed by atoms with Crippen LogP contribution in [0, 0.1) is 11.8 Å². The van der Waals surface area contributed by atoms with E-state index in [1.165, 1.54) is 24.2 Å². The van der Waals surface area contributed by atoms with Gasteiger partial charge in [-0.1, -0.05) is 32.1 Å². The van der Waals surface area contributed by atoms with Gasteiger partial charge in [0.2, 0.25) is 11.8 Å². The standard InChI is InChI=1S/C15H25NO2/c1-15(2,3)16-13(17)11-9-7-5-4-6-8-10-12(11)14(16)18/h11-12H,4-10H2,1-3H3. The molecule has 0 bridgehead atoms. The van der Waals surface area contributed by atoms with Gasteiger partial charge in [0.05, 0.1) is 11.8 Å². The van der Waals surface area contributed by atoms with Crippen molar-refractivity contribution in [3.8, 4) is 0 Å². The number of carbonyl (C=O) groups excluding carboxylic acids is 2. The van der Waals surface area contributed by atoms with Crippen LogP contribution in [0.1, 0.15) is 65.7 Å². The predicted octanol–water partition coefficient (Wildman–Crippen LogP) is 3.13. The number of carbonyl (C=O) groups is 2. The molecule has 2 atom stereocenters. The van der Waals surface area contributed by atoms with Gasteiger partial charge in [-0.25, -0.2) is 0 Å². The number of likely N-dealkylation sites (tertiary alicyclic amines) is 1. The van der Waals surface area contributed by atoms with Gasteiger partial charge in [0.1, 0.15) is 0 Å². The summed E-state index contributed by atoms with van der Waals surface area (Å²) in [6.07, 6.45) is 7.67. The van der Waals surface area contributed by atoms with Crippen LogP contribution in [0.15, 0.2) is 0 Å². The Labute approximate surface area is 110 Å². The van der Waals surface area contributed by atoms with E-state index in [1.54, 1.807) is 0 Å². The van der Waals surface area contributed by atoms with Crippen molar-refractivity contribution in [1.29, 1.82) is 0 Å². The molecule has 3 heteroatoms. The van der Waals surface area contributed by atoms with Gasteiger partial charge in [-0.3, -0.25) is 14.5 Å². The lowest BCUT2D eigenvalue weighted by Gasteiger charge is -2.30. The highest BCUT2D eigenvalue weighted by atomic mass is 16.2. The molecule has 1 heterocycles. The average Bonchev–Trinajstić information content (AvgIpc) is 2.56. The van der Waals surface area contributed by atoms with Crippen molar-refractivity contribution >= 4 is 11.8 Å². The molecule has 2 rings (SSSR count). The van der Waals surface area contributed by atoms with E-state index >= 15 is 0 Å². The largest absolute Gasteiger partial charge is 0.277 e. The maximum atomic E-state index is 12.5. The molecule has 102 valence electrons. The Kier molecular flexibility index (Phi) is 3.79. The van der Waals surface area contributed by atoms with Crippen LogP contribution in [0.4, 0.5) is 0 Å². The second-order valence-corrected chi connectivity index (χ2v) is 6.74. The average molecular weight is 251 g/mol. The molecular weight excluding hydrogens is 226 g/mol. The fraction of sp³-hybridized carbons (Fsp3) is 0.867. The van der Waals surface area contributed by atoms with Gasteiger partial charge in [-0.05, 0) is 33.6 Å². The number of hydrogen-bond acceptors (Lipinski definition) is 2. The van der Waals surface area contributed by atoms with Crippen molar-refractivity contribution in [2.24, 2.45) is 11.8 Å². The van der Waals surface area contributed by atoms with Crippen LogP contribution < -0.4 is 0 Å². The third-order valence-corrected chi connectivity index (χ3v) is 4.26. The van der Waals surface area contributed by atoms with Crippen LogP contribution >= 0.6 is 0 Å². The third-order valence-electron chi connectivity index (χ3n) is 4.26. The number of imide groups is 1. The van der Waals surface area contributed by atoms with Gasteiger partial charge < -0.3 is 0 Å². The topological polar surface area (TPSA) is 37.4 Å². The summed E-state index contributed by atoms with van der Waals surface area (Å²) in [6, 6.07) is 0. The fourth-order valence-corrected chi connectivity index (χ4v) is 3.35. The molecule has 0 aromatic heterocycles. The molecule has 1 aliphatic heterocycles. The van der Waals surface area contributed by atoms with Gasteiger partial charge in [0.25, 0.3) is 0 Å². The highest BCUT2D eigenvalue weighted by Crippen LogP contribution is 2.38. The highest BCUT2D eigenvalue weighted by Gasteiger charge is 2.50. The first-order valence-corrected chi connectivity index (χ1v) is 7.31. The molecule has 1 saturated carbocycles. The number of fused-ring (bicyclic) bond motifs is 1. The van der Waals surface area contributed by atoms with E-state index < -0.39 is 0 Å². The first-order chi connectivity index (χ1) is 8.43. The molecule has 3 nitrogen and oxygen atoms in total. The van der Waals surface area contributed by atoms with Crippen LogP contribution in [0.3, 0.4) is 0 Å². The van der Waals surface area contributed by atoms with Crippen LogP contribution in [0.25, 0.3) is 0 Å². The number of hydrogen-bond donors (Lipinski definition) is 0. The molecule has 1 aliphatic carbocycles. The van der Waals surface area contributed by atoms with E-state index in [4.69, 9.17) is 0 Å². The zero-order valence-electron chi connectivity index (χ0n) is 11.9. The van der Waals surface area contributed by atoms with Crippen molar-refractivity contribution in [1.82, 2.24) is 4.90 Å². The van der Waals surface area contributed by atoms with Gasteiger partial charge >= 0.3 is 0 Å². The van der Waals surface area contributed by atoms with Gasteiger partial charge in [0.15, 0.2) is 0 Å². The summed E-state index contributed by atoms with van der Waals surface area (Å²) in [7, 11) is 0. The normalized spacial score (nSPS) is 30.7. The quantitative estimate of drug-likeness (QED) is 0.620. The van der Waals surface area contributed by atoms with E-state index in [1.807, 2.05) is 20.8 Å². The Hall–Kier alpha value is -0.860. The van der Waals surface area contributed by atoms with Crippen molar-refractivity contribution in [3.05, 3.63) is 0 Å². The molecule has 2 fully saturated rings. The molecule has 2 amide bonds. The summed E-state index contributed by atoms with van der Waals surface area (Å²) in [5.41, 5.74) is -0.370. The zero-order chi connectivity index (χ0) is 13.3. The molecule has 2 aliphatic rings. The molecule has 0 aromatic carbocycles. The lowest BCUT2D eigenvalue weighted by Crippen LogP contribution is -2.46. The smallest absolute Gasteiger partial charge is 0.233 e. The van der Waals surface area contributed by atoms with Crippen molar-refractivity contribution in [2.75, 3.05) is 0 Å². The Morgan fingerprint density at radius 1 is 0.833 bits per heavy atom. The Morgan fingerprint density at radius 3 is 1.61 bits per heavy atom. The minimum atomic E-state index is -0.370. The van der Waals surface area contributed by atoms with E-state index in [-0.39, 0.29) is 29.2 Å². The highest BCUT2D eigenvalue weighted by molar-refractivity contribution is 6.05. The predicted molar refractivity (Wildman–Crippen MR) is 70.9 cm³/mol. The lowest BCUT2D eigenvalue weighted by molar-refractivity contribution is -0.145. The summed E-state index contributed by atoms with van der Waals surface area (Å²) >= 11 is 0. The lowest BCUT2D eigenvalue weighted by atomic mass is 9.88.